The Kier molecular flexibility index (Phi) is 6.50. The average molecular weight is 145 g/mol. The Morgan fingerprint density at radius 1 is 1.40 bits per heavy atom. The molecule has 0 heterocycles. The van der Waals surface area contributed by atoms with Gasteiger partial charge in [0.2, 0.25) is 0 Å². The van der Waals surface area contributed by atoms with Gasteiger partial charge in [-0.15, -0.1) is 0 Å². The molecule has 0 saturated carbocycles. The van der Waals surface area contributed by atoms with Crippen LogP contribution >= 0.6 is 0 Å². The number of Topliss-reactive ketones (excluding diaryl/α,β-unsaturated/α-hetero) is 1. The SMILES string of the molecule is CCC(=O)CCCCCN.[HH]. The molecule has 0 saturated heterocycles. The summed E-state index contributed by atoms with van der Waals surface area (Å²) >= 11 is 0. The Labute approximate surface area is 64.3 Å². The summed E-state index contributed by atoms with van der Waals surface area (Å²) in [5, 5.41) is 0. The zero-order chi connectivity index (χ0) is 7.82. The normalized spacial score (nSPS) is 9.80. The Hall–Kier alpha value is -0.370. The second-order valence-electron chi connectivity index (χ2n) is 2.49. The first kappa shape index (κ1) is 9.63. The van der Waals surface area contributed by atoms with Gasteiger partial charge < -0.3 is 5.73 Å². The van der Waals surface area contributed by atoms with Gasteiger partial charge in [-0.05, 0) is 19.4 Å². The summed E-state index contributed by atoms with van der Waals surface area (Å²) in [7, 11) is 0. The molecular weight excluding hydrogens is 126 g/mol. The molecule has 0 rings (SSSR count). The lowest BCUT2D eigenvalue weighted by Gasteiger charge is -1.96. The van der Waals surface area contributed by atoms with Gasteiger partial charge in [-0.25, -0.2) is 0 Å². The molecular formula is C8H19NO. The second kappa shape index (κ2) is 6.75. The molecule has 2 nitrogen and oxygen atoms in total. The van der Waals surface area contributed by atoms with Crippen LogP contribution in [-0.2, 0) is 4.79 Å². The van der Waals surface area contributed by atoms with Crippen molar-refractivity contribution >= 4 is 5.78 Å². The van der Waals surface area contributed by atoms with E-state index in [1.165, 1.54) is 0 Å². The van der Waals surface area contributed by atoms with Crippen molar-refractivity contribution < 1.29 is 6.22 Å². The molecule has 0 spiro atoms. The van der Waals surface area contributed by atoms with Gasteiger partial charge in [-0.1, -0.05) is 13.3 Å². The van der Waals surface area contributed by atoms with E-state index in [1.54, 1.807) is 0 Å². The Morgan fingerprint density at radius 2 is 2.10 bits per heavy atom. The lowest BCUT2D eigenvalue weighted by atomic mass is 10.1. The average Bonchev–Trinajstić information content (AvgIpc) is 1.98. The molecule has 0 aromatic rings. The van der Waals surface area contributed by atoms with E-state index in [-0.39, 0.29) is 1.43 Å². The number of nitrogens with two attached hydrogens (primary N) is 1. The van der Waals surface area contributed by atoms with Crippen LogP contribution in [0.15, 0.2) is 0 Å². The third-order valence-electron chi connectivity index (χ3n) is 1.55. The Bertz CT molecular complexity index is 96.1. The summed E-state index contributed by atoms with van der Waals surface area (Å²) in [6, 6.07) is 0. The number of rotatable bonds is 6. The van der Waals surface area contributed by atoms with Crippen LogP contribution in [0.3, 0.4) is 0 Å². The number of carbonyl (C=O) groups excluding carboxylic acids is 1. The van der Waals surface area contributed by atoms with E-state index in [9.17, 15) is 4.79 Å². The summed E-state index contributed by atoms with van der Waals surface area (Å²) in [5.41, 5.74) is 5.29. The minimum Gasteiger partial charge on any atom is -0.330 e. The summed E-state index contributed by atoms with van der Waals surface area (Å²) in [5.74, 6) is 0.372. The van der Waals surface area contributed by atoms with Crippen LogP contribution in [0.2, 0.25) is 0 Å². The van der Waals surface area contributed by atoms with Crippen LogP contribution in [0, 0.1) is 0 Å². The number of unbranched alkanes of at least 4 members (excludes halogenated alkanes) is 2. The quantitative estimate of drug-likeness (QED) is 0.578. The molecule has 10 heavy (non-hydrogen) atoms. The van der Waals surface area contributed by atoms with E-state index in [4.69, 9.17) is 5.73 Å². The van der Waals surface area contributed by atoms with E-state index in [0.29, 0.717) is 12.2 Å². The highest BCUT2D eigenvalue weighted by Crippen LogP contribution is 2.00. The molecule has 0 aliphatic heterocycles. The topological polar surface area (TPSA) is 43.1 Å². The van der Waals surface area contributed by atoms with Gasteiger partial charge in [0.15, 0.2) is 0 Å². The highest BCUT2D eigenvalue weighted by Gasteiger charge is 1.95. The van der Waals surface area contributed by atoms with Crippen LogP contribution in [0.5, 0.6) is 0 Å². The first-order valence-corrected chi connectivity index (χ1v) is 4.03. The number of hydrogen-bond donors (Lipinski definition) is 1. The third-order valence-corrected chi connectivity index (χ3v) is 1.55. The van der Waals surface area contributed by atoms with Crippen molar-refractivity contribution in [3.8, 4) is 0 Å². The van der Waals surface area contributed by atoms with Crippen molar-refractivity contribution in [3.05, 3.63) is 0 Å². The summed E-state index contributed by atoms with van der Waals surface area (Å²) in [6.45, 7) is 2.66. The largest absolute Gasteiger partial charge is 0.330 e. The maximum absolute atomic E-state index is 10.7. The van der Waals surface area contributed by atoms with Crippen LogP contribution in [0.1, 0.15) is 40.5 Å². The van der Waals surface area contributed by atoms with Gasteiger partial charge in [0, 0.05) is 14.3 Å². The third kappa shape index (κ3) is 5.76. The molecule has 0 aliphatic carbocycles. The monoisotopic (exact) mass is 145 g/mol. The van der Waals surface area contributed by atoms with E-state index >= 15 is 0 Å². The minimum atomic E-state index is 0. The highest BCUT2D eigenvalue weighted by atomic mass is 16.1. The maximum Gasteiger partial charge on any atom is 0.132 e. The molecule has 0 amide bonds. The fourth-order valence-electron chi connectivity index (χ4n) is 0.820. The van der Waals surface area contributed by atoms with Crippen molar-refractivity contribution in [2.75, 3.05) is 6.54 Å². The van der Waals surface area contributed by atoms with Gasteiger partial charge >= 0.3 is 0 Å². The van der Waals surface area contributed by atoms with Gasteiger partial charge in [-0.3, -0.25) is 4.79 Å². The molecule has 0 aromatic heterocycles. The lowest BCUT2D eigenvalue weighted by molar-refractivity contribution is -0.118. The molecule has 0 fully saturated rings. The standard InChI is InChI=1S/C8H17NO.H2/c1-2-8(10)6-4-3-5-7-9;/h2-7,9H2,1H3;1H. The van der Waals surface area contributed by atoms with Crippen LogP contribution in [0.4, 0.5) is 0 Å². The zero-order valence-electron chi connectivity index (χ0n) is 6.73. The van der Waals surface area contributed by atoms with Crippen molar-refractivity contribution in [2.24, 2.45) is 5.73 Å². The predicted octanol–water partition coefficient (Wildman–Crippen LogP) is 1.73. The van der Waals surface area contributed by atoms with Crippen LogP contribution < -0.4 is 5.73 Å². The maximum atomic E-state index is 10.7. The smallest absolute Gasteiger partial charge is 0.132 e. The first-order chi connectivity index (χ1) is 4.81. The molecule has 2 heteroatoms. The molecule has 0 aliphatic rings. The number of ketones is 1. The van der Waals surface area contributed by atoms with Crippen LogP contribution in [0.25, 0.3) is 0 Å². The minimum absolute atomic E-state index is 0. The molecule has 0 atom stereocenters. The molecule has 0 aromatic carbocycles. The fourth-order valence-corrected chi connectivity index (χ4v) is 0.820. The van der Waals surface area contributed by atoms with E-state index in [1.807, 2.05) is 6.92 Å². The molecule has 0 unspecified atom stereocenters. The Morgan fingerprint density at radius 3 is 2.60 bits per heavy atom. The predicted molar refractivity (Wildman–Crippen MR) is 44.9 cm³/mol. The van der Waals surface area contributed by atoms with Crippen molar-refractivity contribution in [1.82, 2.24) is 0 Å². The van der Waals surface area contributed by atoms with Crippen molar-refractivity contribution in [3.63, 3.8) is 0 Å². The molecule has 2 N–H and O–H groups in total. The lowest BCUT2D eigenvalue weighted by Crippen LogP contribution is -1.99. The molecule has 0 radical (unpaired) electrons. The molecule has 0 bridgehead atoms. The van der Waals surface area contributed by atoms with E-state index in [0.717, 1.165) is 32.2 Å². The summed E-state index contributed by atoms with van der Waals surface area (Å²) < 4.78 is 0. The van der Waals surface area contributed by atoms with Gasteiger partial charge in [-0.2, -0.15) is 0 Å². The van der Waals surface area contributed by atoms with Crippen molar-refractivity contribution in [2.45, 2.75) is 39.0 Å². The number of carbonyl (C=O) groups is 1. The van der Waals surface area contributed by atoms with Crippen molar-refractivity contribution in [1.29, 1.82) is 0 Å². The zero-order valence-corrected chi connectivity index (χ0v) is 6.73. The van der Waals surface area contributed by atoms with Gasteiger partial charge in [0.25, 0.3) is 0 Å². The van der Waals surface area contributed by atoms with E-state index in [2.05, 4.69) is 0 Å². The van der Waals surface area contributed by atoms with Gasteiger partial charge in [0.05, 0.1) is 0 Å². The Balaban J connectivity index is 0. The highest BCUT2D eigenvalue weighted by molar-refractivity contribution is 5.77. The molecule has 62 valence electrons. The van der Waals surface area contributed by atoms with Gasteiger partial charge in [0.1, 0.15) is 5.78 Å². The summed E-state index contributed by atoms with van der Waals surface area (Å²) in [4.78, 5) is 10.7. The van der Waals surface area contributed by atoms with Crippen LogP contribution in [-0.4, -0.2) is 12.3 Å². The number of hydrogen-bond acceptors (Lipinski definition) is 2. The fraction of sp³-hybridized carbons (Fsp3) is 0.875. The second-order valence-corrected chi connectivity index (χ2v) is 2.49. The summed E-state index contributed by atoms with van der Waals surface area (Å²) in [6.07, 6.45) is 4.60. The first-order valence-electron chi connectivity index (χ1n) is 4.03. The van der Waals surface area contributed by atoms with E-state index < -0.39 is 0 Å².